The minimum absolute atomic E-state index is 0.0307. The van der Waals surface area contributed by atoms with Gasteiger partial charge < -0.3 is 20.8 Å². The molecule has 7 nitrogen and oxygen atoms in total. The fraction of sp³-hybridized carbons (Fsp3) is 0.545. The van der Waals surface area contributed by atoms with Gasteiger partial charge in [-0.25, -0.2) is 4.98 Å². The molecule has 0 unspecified atom stereocenters. The van der Waals surface area contributed by atoms with Gasteiger partial charge in [0, 0.05) is 18.8 Å². The van der Waals surface area contributed by atoms with Gasteiger partial charge in [0.05, 0.1) is 6.33 Å². The number of fused-ring (bicyclic) bond motifs is 1. The summed E-state index contributed by atoms with van der Waals surface area (Å²) in [4.78, 5) is 15.5. The fourth-order valence-corrected chi connectivity index (χ4v) is 2.17. The Morgan fingerprint density at radius 2 is 2.17 bits per heavy atom. The first-order valence-electron chi connectivity index (χ1n) is 5.99. The molecule has 0 aromatic carbocycles. The lowest BCUT2D eigenvalue weighted by Crippen LogP contribution is -2.41. The van der Waals surface area contributed by atoms with E-state index in [0.717, 1.165) is 31.6 Å². The van der Waals surface area contributed by atoms with Crippen molar-refractivity contribution in [3.05, 3.63) is 6.33 Å². The van der Waals surface area contributed by atoms with E-state index in [-0.39, 0.29) is 11.5 Å². The average Bonchev–Trinajstić information content (AvgIpc) is 2.77. The zero-order chi connectivity index (χ0) is 12.6. The minimum atomic E-state index is -0.0307. The Morgan fingerprint density at radius 3 is 2.94 bits per heavy atom. The maximum absolute atomic E-state index is 5.69. The number of anilines is 2. The van der Waals surface area contributed by atoms with E-state index < -0.39 is 0 Å². The zero-order valence-electron chi connectivity index (χ0n) is 10.2. The van der Waals surface area contributed by atoms with Gasteiger partial charge in [0.1, 0.15) is 5.52 Å². The van der Waals surface area contributed by atoms with Crippen LogP contribution in [-0.4, -0.2) is 38.7 Å². The third-order valence-electron chi connectivity index (χ3n) is 3.32. The van der Waals surface area contributed by atoms with Crippen LogP contribution < -0.4 is 11.1 Å². The number of nitrogens with one attached hydrogen (secondary N) is 2. The van der Waals surface area contributed by atoms with E-state index >= 15 is 0 Å². The van der Waals surface area contributed by atoms with E-state index in [1.165, 1.54) is 0 Å². The van der Waals surface area contributed by atoms with Crippen molar-refractivity contribution in [2.75, 3.05) is 24.3 Å². The molecule has 1 aliphatic heterocycles. The molecule has 0 bridgehead atoms. The van der Waals surface area contributed by atoms with Crippen molar-refractivity contribution >= 4 is 22.9 Å². The number of hydrogen-bond acceptors (Lipinski definition) is 6. The second kappa shape index (κ2) is 4.09. The van der Waals surface area contributed by atoms with Crippen LogP contribution in [0.25, 0.3) is 11.2 Å². The summed E-state index contributed by atoms with van der Waals surface area (Å²) in [5.41, 5.74) is 7.03. The minimum Gasteiger partial charge on any atom is -0.381 e. The van der Waals surface area contributed by atoms with Crippen LogP contribution in [0.3, 0.4) is 0 Å². The van der Waals surface area contributed by atoms with E-state index in [4.69, 9.17) is 10.5 Å². The quantitative estimate of drug-likeness (QED) is 0.730. The molecule has 0 atom stereocenters. The molecule has 96 valence electrons. The van der Waals surface area contributed by atoms with Gasteiger partial charge in [0.25, 0.3) is 0 Å². The van der Waals surface area contributed by atoms with Crippen molar-refractivity contribution in [3.63, 3.8) is 0 Å². The molecule has 3 rings (SSSR count). The molecule has 4 N–H and O–H groups in total. The number of H-pyrrole nitrogens is 1. The summed E-state index contributed by atoms with van der Waals surface area (Å²) in [5.74, 6) is 0.937. The number of nitrogen functional groups attached to an aromatic ring is 1. The third kappa shape index (κ3) is 1.97. The van der Waals surface area contributed by atoms with Crippen LogP contribution in [0, 0.1) is 0 Å². The number of aromatic nitrogens is 4. The molecule has 0 spiro atoms. The van der Waals surface area contributed by atoms with Gasteiger partial charge in [-0.05, 0) is 19.8 Å². The molecule has 18 heavy (non-hydrogen) atoms. The lowest BCUT2D eigenvalue weighted by atomic mass is 9.92. The van der Waals surface area contributed by atoms with Crippen LogP contribution in [-0.2, 0) is 4.74 Å². The number of ether oxygens (including phenoxy) is 1. The van der Waals surface area contributed by atoms with Crippen LogP contribution in [0.2, 0.25) is 0 Å². The molecule has 0 radical (unpaired) electrons. The van der Waals surface area contributed by atoms with Gasteiger partial charge in [0.2, 0.25) is 5.95 Å². The summed E-state index contributed by atoms with van der Waals surface area (Å²) in [5, 5.41) is 3.44. The first-order chi connectivity index (χ1) is 8.66. The monoisotopic (exact) mass is 248 g/mol. The molecular formula is C11H16N6O. The summed E-state index contributed by atoms with van der Waals surface area (Å²) in [7, 11) is 0. The van der Waals surface area contributed by atoms with Gasteiger partial charge in [-0.3, -0.25) is 0 Å². The Hall–Kier alpha value is -1.89. The van der Waals surface area contributed by atoms with Crippen LogP contribution in [0.15, 0.2) is 6.33 Å². The maximum atomic E-state index is 5.69. The van der Waals surface area contributed by atoms with Crippen LogP contribution in [0.4, 0.5) is 11.8 Å². The molecule has 0 saturated carbocycles. The molecule has 0 amide bonds. The van der Waals surface area contributed by atoms with Crippen LogP contribution in [0.5, 0.6) is 0 Å². The second-order valence-corrected chi connectivity index (χ2v) is 4.83. The lowest BCUT2D eigenvalue weighted by molar-refractivity contribution is 0.0657. The molecular weight excluding hydrogens is 232 g/mol. The first-order valence-corrected chi connectivity index (χ1v) is 5.99. The molecule has 1 aliphatic rings. The Labute approximate surface area is 104 Å². The van der Waals surface area contributed by atoms with Crippen molar-refractivity contribution in [2.24, 2.45) is 0 Å². The van der Waals surface area contributed by atoms with Gasteiger partial charge in [-0.1, -0.05) is 0 Å². The number of nitrogens with two attached hydrogens (primary N) is 1. The first kappa shape index (κ1) is 11.2. The summed E-state index contributed by atoms with van der Waals surface area (Å²) >= 11 is 0. The highest BCUT2D eigenvalue weighted by molar-refractivity contribution is 5.83. The Bertz CT molecular complexity index is 560. The van der Waals surface area contributed by atoms with Crippen LogP contribution >= 0.6 is 0 Å². The Balaban J connectivity index is 1.96. The molecule has 2 aromatic heterocycles. The van der Waals surface area contributed by atoms with Gasteiger partial charge >= 0.3 is 0 Å². The topological polar surface area (TPSA) is 102 Å². The second-order valence-electron chi connectivity index (χ2n) is 4.83. The molecule has 2 aromatic rings. The highest BCUT2D eigenvalue weighted by Crippen LogP contribution is 2.27. The van der Waals surface area contributed by atoms with Crippen molar-refractivity contribution in [3.8, 4) is 0 Å². The van der Waals surface area contributed by atoms with E-state index in [9.17, 15) is 0 Å². The Morgan fingerprint density at radius 1 is 1.39 bits per heavy atom. The summed E-state index contributed by atoms with van der Waals surface area (Å²) < 4.78 is 5.38. The Kier molecular flexibility index (Phi) is 2.55. The number of rotatable bonds is 2. The molecule has 7 heteroatoms. The molecule has 3 heterocycles. The standard InChI is InChI=1S/C11H16N6O/c1-11(2-4-18-5-3-11)17-9-7-8(14-6-13-7)15-10(12)16-9/h6H,2-5H2,1H3,(H4,12,13,14,15,16,17). The molecule has 0 aliphatic carbocycles. The van der Waals surface area contributed by atoms with Crippen molar-refractivity contribution in [1.29, 1.82) is 0 Å². The van der Waals surface area contributed by atoms with Gasteiger partial charge in [-0.15, -0.1) is 0 Å². The highest BCUT2D eigenvalue weighted by atomic mass is 16.5. The number of aromatic amines is 1. The summed E-state index contributed by atoms with van der Waals surface area (Å²) in [6.45, 7) is 3.68. The van der Waals surface area contributed by atoms with Crippen molar-refractivity contribution in [2.45, 2.75) is 25.3 Å². The molecule has 1 saturated heterocycles. The smallest absolute Gasteiger partial charge is 0.224 e. The lowest BCUT2D eigenvalue weighted by Gasteiger charge is -2.34. The van der Waals surface area contributed by atoms with Crippen molar-refractivity contribution in [1.82, 2.24) is 19.9 Å². The zero-order valence-corrected chi connectivity index (χ0v) is 10.2. The normalized spacial score (nSPS) is 18.9. The van der Waals surface area contributed by atoms with Gasteiger partial charge in [0.15, 0.2) is 11.5 Å². The van der Waals surface area contributed by atoms with Gasteiger partial charge in [-0.2, -0.15) is 9.97 Å². The molecule has 1 fully saturated rings. The van der Waals surface area contributed by atoms with E-state index in [1.807, 2.05) is 0 Å². The average molecular weight is 248 g/mol. The SMILES string of the molecule is CC1(Nc2nc(N)nc3nc[nH]c23)CCOCC1. The van der Waals surface area contributed by atoms with E-state index in [2.05, 4.69) is 32.2 Å². The predicted octanol–water partition coefficient (Wildman–Crippen LogP) is 0.916. The third-order valence-corrected chi connectivity index (χ3v) is 3.32. The summed E-state index contributed by atoms with van der Waals surface area (Å²) in [6.07, 6.45) is 3.47. The van der Waals surface area contributed by atoms with E-state index in [0.29, 0.717) is 11.5 Å². The maximum Gasteiger partial charge on any atom is 0.224 e. The fourth-order valence-electron chi connectivity index (χ4n) is 2.17. The highest BCUT2D eigenvalue weighted by Gasteiger charge is 2.28. The summed E-state index contributed by atoms with van der Waals surface area (Å²) in [6, 6.07) is 0. The van der Waals surface area contributed by atoms with E-state index in [1.54, 1.807) is 6.33 Å². The number of hydrogen-bond donors (Lipinski definition) is 3. The number of nitrogens with zero attached hydrogens (tertiary/aromatic N) is 3. The van der Waals surface area contributed by atoms with Crippen molar-refractivity contribution < 1.29 is 4.74 Å². The number of imidazole rings is 1. The largest absolute Gasteiger partial charge is 0.381 e. The van der Waals surface area contributed by atoms with Crippen LogP contribution in [0.1, 0.15) is 19.8 Å². The predicted molar refractivity (Wildman–Crippen MR) is 68.2 cm³/mol.